The smallest absolute Gasteiger partial charge is 0.123 e. The molecule has 1 aromatic rings. The Hall–Kier alpha value is -1.64. The van der Waals surface area contributed by atoms with Crippen LogP contribution in [-0.2, 0) is 6.42 Å². The lowest BCUT2D eigenvalue weighted by molar-refractivity contribution is 0.676. The number of amidine groups is 1. The van der Waals surface area contributed by atoms with Gasteiger partial charge in [0.25, 0.3) is 0 Å². The Kier molecular flexibility index (Phi) is 3.57. The lowest BCUT2D eigenvalue weighted by Crippen LogP contribution is -2.27. The van der Waals surface area contributed by atoms with Gasteiger partial charge in [-0.2, -0.15) is 5.10 Å². The zero-order chi connectivity index (χ0) is 12.3. The van der Waals surface area contributed by atoms with Crippen molar-refractivity contribution < 1.29 is 0 Å². The normalized spacial score (nSPS) is 19.8. The number of nitrogens with zero attached hydrogens (tertiary/aromatic N) is 2. The highest BCUT2D eigenvalue weighted by Gasteiger charge is 2.22. The van der Waals surface area contributed by atoms with Gasteiger partial charge in [-0.25, -0.2) is 0 Å². The molecule has 1 atom stereocenters. The molecule has 3 heteroatoms. The zero-order valence-electron chi connectivity index (χ0n) is 10.5. The van der Waals surface area contributed by atoms with Gasteiger partial charge in [-0.15, -0.1) is 5.10 Å². The van der Waals surface area contributed by atoms with Gasteiger partial charge in [0.05, 0.1) is 5.71 Å². The lowest BCUT2D eigenvalue weighted by Gasteiger charge is -2.21. The molecular formula is C14H19N3. The fraction of sp³-hybridized carbons (Fsp3) is 0.429. The van der Waals surface area contributed by atoms with Crippen LogP contribution < -0.4 is 5.73 Å². The molecule has 1 unspecified atom stereocenters. The number of aryl methyl sites for hydroxylation is 1. The topological polar surface area (TPSA) is 50.7 Å². The van der Waals surface area contributed by atoms with E-state index in [1.807, 2.05) is 0 Å². The molecule has 3 nitrogen and oxygen atoms in total. The first kappa shape index (κ1) is 11.8. The van der Waals surface area contributed by atoms with E-state index in [2.05, 4.69) is 48.3 Å². The van der Waals surface area contributed by atoms with Gasteiger partial charge in [0, 0.05) is 17.9 Å². The number of nitrogens with two attached hydrogens (primary N) is 1. The van der Waals surface area contributed by atoms with Gasteiger partial charge in [0.15, 0.2) is 0 Å². The largest absolute Gasteiger partial charge is 0.386 e. The molecule has 2 rings (SSSR count). The van der Waals surface area contributed by atoms with Crippen molar-refractivity contribution in [3.63, 3.8) is 0 Å². The Morgan fingerprint density at radius 2 is 2.00 bits per heavy atom. The Morgan fingerprint density at radius 3 is 2.71 bits per heavy atom. The van der Waals surface area contributed by atoms with Crippen LogP contribution >= 0.6 is 0 Å². The summed E-state index contributed by atoms with van der Waals surface area (Å²) in [6.45, 7) is 4.34. The monoisotopic (exact) mass is 229 g/mol. The summed E-state index contributed by atoms with van der Waals surface area (Å²) in [5.74, 6) is 1.05. The van der Waals surface area contributed by atoms with Gasteiger partial charge < -0.3 is 5.73 Å². The molecule has 0 bridgehead atoms. The van der Waals surface area contributed by atoms with Crippen molar-refractivity contribution in [1.82, 2.24) is 0 Å². The van der Waals surface area contributed by atoms with Gasteiger partial charge in [0.2, 0.25) is 0 Å². The van der Waals surface area contributed by atoms with Gasteiger partial charge in [0.1, 0.15) is 5.84 Å². The number of hydrogen-bond acceptors (Lipinski definition) is 3. The van der Waals surface area contributed by atoms with Gasteiger partial charge in [-0.05, 0) is 18.4 Å². The molecule has 17 heavy (non-hydrogen) atoms. The fourth-order valence-corrected chi connectivity index (χ4v) is 2.28. The summed E-state index contributed by atoms with van der Waals surface area (Å²) >= 11 is 0. The van der Waals surface area contributed by atoms with E-state index in [4.69, 9.17) is 5.73 Å². The third-order valence-electron chi connectivity index (χ3n) is 3.30. The van der Waals surface area contributed by atoms with Crippen molar-refractivity contribution in [3.8, 4) is 0 Å². The summed E-state index contributed by atoms with van der Waals surface area (Å²) in [6.07, 6.45) is 2.89. The molecule has 1 aromatic carbocycles. The average Bonchev–Trinajstić information content (AvgIpc) is 2.38. The van der Waals surface area contributed by atoms with Gasteiger partial charge in [-0.1, -0.05) is 38.1 Å². The summed E-state index contributed by atoms with van der Waals surface area (Å²) in [4.78, 5) is 0. The summed E-state index contributed by atoms with van der Waals surface area (Å²) in [5.41, 5.74) is 9.42. The molecule has 0 saturated carbocycles. The molecule has 0 fully saturated rings. The third-order valence-corrected chi connectivity index (χ3v) is 3.30. The van der Waals surface area contributed by atoms with E-state index in [-0.39, 0.29) is 0 Å². The van der Waals surface area contributed by atoms with Crippen LogP contribution in [0.25, 0.3) is 0 Å². The van der Waals surface area contributed by atoms with Crippen molar-refractivity contribution in [3.05, 3.63) is 35.4 Å². The van der Waals surface area contributed by atoms with E-state index >= 15 is 0 Å². The predicted octanol–water partition coefficient (Wildman–Crippen LogP) is 2.74. The van der Waals surface area contributed by atoms with Crippen molar-refractivity contribution in [2.45, 2.75) is 33.1 Å². The quantitative estimate of drug-likeness (QED) is 0.851. The summed E-state index contributed by atoms with van der Waals surface area (Å²) < 4.78 is 0. The van der Waals surface area contributed by atoms with Crippen LogP contribution in [0.1, 0.15) is 37.8 Å². The zero-order valence-corrected chi connectivity index (χ0v) is 10.5. The van der Waals surface area contributed by atoms with Crippen molar-refractivity contribution >= 4 is 11.5 Å². The molecule has 90 valence electrons. The summed E-state index contributed by atoms with van der Waals surface area (Å²) in [6, 6.07) is 8.43. The highest BCUT2D eigenvalue weighted by Crippen LogP contribution is 2.23. The fourth-order valence-electron chi connectivity index (χ4n) is 2.28. The predicted molar refractivity (Wildman–Crippen MR) is 72.4 cm³/mol. The Morgan fingerprint density at radius 1 is 1.24 bits per heavy atom. The minimum atomic E-state index is 0.403. The van der Waals surface area contributed by atoms with Gasteiger partial charge in [-0.3, -0.25) is 0 Å². The minimum Gasteiger partial charge on any atom is -0.386 e. The maximum absolute atomic E-state index is 5.75. The first-order chi connectivity index (χ1) is 8.26. The first-order valence-electron chi connectivity index (χ1n) is 6.24. The van der Waals surface area contributed by atoms with Crippen LogP contribution in [0.3, 0.4) is 0 Å². The van der Waals surface area contributed by atoms with E-state index in [9.17, 15) is 0 Å². The molecule has 0 saturated heterocycles. The second-order valence-electron chi connectivity index (χ2n) is 4.40. The number of benzene rings is 1. The molecule has 1 aliphatic rings. The van der Waals surface area contributed by atoms with Crippen molar-refractivity contribution in [1.29, 1.82) is 0 Å². The molecule has 0 aliphatic carbocycles. The molecule has 1 heterocycles. The highest BCUT2D eigenvalue weighted by molar-refractivity contribution is 6.06. The average molecular weight is 229 g/mol. The molecular weight excluding hydrogens is 210 g/mol. The Labute approximate surface area is 102 Å². The summed E-state index contributed by atoms with van der Waals surface area (Å²) in [7, 11) is 0. The van der Waals surface area contributed by atoms with Crippen LogP contribution in [0.2, 0.25) is 0 Å². The molecule has 0 radical (unpaired) electrons. The van der Waals surface area contributed by atoms with Crippen molar-refractivity contribution in [2.24, 2.45) is 21.9 Å². The maximum atomic E-state index is 5.75. The van der Waals surface area contributed by atoms with E-state index in [1.165, 1.54) is 11.1 Å². The molecule has 0 aromatic heterocycles. The van der Waals surface area contributed by atoms with Gasteiger partial charge >= 0.3 is 0 Å². The molecule has 0 amide bonds. The van der Waals surface area contributed by atoms with Crippen LogP contribution in [-0.4, -0.2) is 11.5 Å². The van der Waals surface area contributed by atoms with Crippen LogP contribution in [0.5, 0.6) is 0 Å². The molecule has 0 spiro atoms. The highest BCUT2D eigenvalue weighted by atomic mass is 15.2. The molecule has 1 aliphatic heterocycles. The number of hydrogen-bond donors (Lipinski definition) is 1. The second kappa shape index (κ2) is 5.13. The Bertz CT molecular complexity index is 460. The lowest BCUT2D eigenvalue weighted by atomic mass is 9.87. The van der Waals surface area contributed by atoms with E-state index in [1.54, 1.807) is 0 Å². The standard InChI is InChI=1S/C14H19N3/c1-3-10-7-5-6-8-12(10)14-11(4-2)9-13(15)16-17-14/h5-8,11H,3-4,9H2,1-2H3,(H2,15,16). The SMILES string of the molecule is CCc1ccccc1C1=NN=C(N)CC1CC. The van der Waals surface area contributed by atoms with Crippen LogP contribution in [0, 0.1) is 5.92 Å². The van der Waals surface area contributed by atoms with E-state index in [0.29, 0.717) is 11.8 Å². The van der Waals surface area contributed by atoms with E-state index < -0.39 is 0 Å². The molecule has 2 N–H and O–H groups in total. The number of rotatable bonds is 3. The maximum Gasteiger partial charge on any atom is 0.123 e. The van der Waals surface area contributed by atoms with Crippen molar-refractivity contribution in [2.75, 3.05) is 0 Å². The van der Waals surface area contributed by atoms with E-state index in [0.717, 1.165) is 25.0 Å². The second-order valence-corrected chi connectivity index (χ2v) is 4.40. The summed E-state index contributed by atoms with van der Waals surface area (Å²) in [5, 5.41) is 8.36. The van der Waals surface area contributed by atoms with Crippen LogP contribution in [0.15, 0.2) is 34.5 Å². The first-order valence-corrected chi connectivity index (χ1v) is 6.24. The third kappa shape index (κ3) is 2.38. The van der Waals surface area contributed by atoms with Crippen LogP contribution in [0.4, 0.5) is 0 Å². The minimum absolute atomic E-state index is 0.403. The Balaban J connectivity index is 2.44.